The molecule has 0 saturated heterocycles. The number of hydrogen-bond acceptors (Lipinski definition) is 7. The molecule has 0 heterocycles. The molecule has 0 atom stereocenters. The summed E-state index contributed by atoms with van der Waals surface area (Å²) in [5, 5.41) is 13.4. The van der Waals surface area contributed by atoms with Gasteiger partial charge < -0.3 is 19.5 Å². The second-order valence-electron chi connectivity index (χ2n) is 6.69. The number of methoxy groups -OCH3 is 1. The zero-order valence-electron chi connectivity index (χ0n) is 17.4. The molecule has 1 N–H and O–H groups in total. The number of hydrogen-bond donors (Lipinski definition) is 1. The van der Waals surface area contributed by atoms with E-state index in [0.29, 0.717) is 18.1 Å². The molecule has 0 spiro atoms. The number of nitrogens with one attached hydrogen (secondary N) is 1. The van der Waals surface area contributed by atoms with Gasteiger partial charge in [0.2, 0.25) is 0 Å². The molecule has 1 amide bonds. The molecule has 0 bridgehead atoms. The highest BCUT2D eigenvalue weighted by Gasteiger charge is 2.16. The minimum atomic E-state index is -0.761. The molecule has 0 fully saturated rings. The Morgan fingerprint density at radius 2 is 1.79 bits per heavy atom. The van der Waals surface area contributed by atoms with Gasteiger partial charge >= 0.3 is 5.97 Å². The first kappa shape index (κ1) is 23.6. The number of nitro groups is 1. The Balaban J connectivity index is 1.59. The van der Waals surface area contributed by atoms with Gasteiger partial charge in [0, 0.05) is 12.1 Å². The van der Waals surface area contributed by atoms with E-state index in [0.717, 1.165) is 11.6 Å². The predicted molar refractivity (Wildman–Crippen MR) is 121 cm³/mol. The topological polar surface area (TPSA) is 117 Å². The number of carbonyl (C=O) groups excluding carboxylic acids is 2. The fourth-order valence-electron chi connectivity index (χ4n) is 2.77. The number of amides is 1. The van der Waals surface area contributed by atoms with E-state index in [1.54, 1.807) is 6.07 Å². The molecule has 170 valence electrons. The van der Waals surface area contributed by atoms with Crippen molar-refractivity contribution in [2.24, 2.45) is 0 Å². The van der Waals surface area contributed by atoms with Gasteiger partial charge in [-0.25, -0.2) is 4.79 Å². The van der Waals surface area contributed by atoms with Gasteiger partial charge in [-0.1, -0.05) is 41.9 Å². The van der Waals surface area contributed by atoms with Crippen molar-refractivity contribution in [1.29, 1.82) is 0 Å². The number of non-ortho nitro benzene ring substituents is 1. The van der Waals surface area contributed by atoms with Gasteiger partial charge in [-0.3, -0.25) is 14.9 Å². The molecule has 9 nitrogen and oxygen atoms in total. The Bertz CT molecular complexity index is 1170. The first-order valence-electron chi connectivity index (χ1n) is 9.63. The molecular weight excluding hydrogens is 452 g/mol. The van der Waals surface area contributed by atoms with Crippen molar-refractivity contribution in [3.8, 4) is 11.5 Å². The molecule has 0 aliphatic heterocycles. The van der Waals surface area contributed by atoms with E-state index in [-0.39, 0.29) is 22.0 Å². The average molecular weight is 471 g/mol. The van der Waals surface area contributed by atoms with Crippen molar-refractivity contribution in [2.75, 3.05) is 19.0 Å². The van der Waals surface area contributed by atoms with Crippen LogP contribution in [-0.2, 0) is 16.1 Å². The molecule has 0 aliphatic carbocycles. The lowest BCUT2D eigenvalue weighted by molar-refractivity contribution is -0.384. The van der Waals surface area contributed by atoms with Crippen molar-refractivity contribution < 1.29 is 28.7 Å². The summed E-state index contributed by atoms with van der Waals surface area (Å²) < 4.78 is 16.1. The SMILES string of the molecule is COc1cc(C(=O)OCC(=O)Nc2cc([N+](=O)[O-])ccc2Cl)ccc1OCc1ccccc1. The van der Waals surface area contributed by atoms with Crippen LogP contribution < -0.4 is 14.8 Å². The lowest BCUT2D eigenvalue weighted by Gasteiger charge is -2.12. The highest BCUT2D eigenvalue weighted by Crippen LogP contribution is 2.29. The van der Waals surface area contributed by atoms with Gasteiger partial charge in [-0.2, -0.15) is 0 Å². The molecule has 33 heavy (non-hydrogen) atoms. The van der Waals surface area contributed by atoms with Crippen LogP contribution >= 0.6 is 11.6 Å². The van der Waals surface area contributed by atoms with Crippen molar-refractivity contribution in [2.45, 2.75) is 6.61 Å². The number of nitro benzene ring substituents is 1. The number of benzene rings is 3. The van der Waals surface area contributed by atoms with E-state index in [2.05, 4.69) is 5.32 Å². The fraction of sp³-hybridized carbons (Fsp3) is 0.130. The Morgan fingerprint density at radius 3 is 2.48 bits per heavy atom. The molecule has 0 saturated carbocycles. The van der Waals surface area contributed by atoms with Crippen molar-refractivity contribution >= 4 is 34.9 Å². The van der Waals surface area contributed by atoms with Crippen LogP contribution in [0.15, 0.2) is 66.7 Å². The Labute approximate surface area is 194 Å². The third-order valence-electron chi connectivity index (χ3n) is 4.41. The third-order valence-corrected chi connectivity index (χ3v) is 4.74. The van der Waals surface area contributed by atoms with E-state index in [9.17, 15) is 19.7 Å². The standard InChI is InChI=1S/C23H19ClN2O7/c1-31-21-11-16(7-10-20(21)32-13-15-5-3-2-4-6-15)23(28)33-14-22(27)25-19-12-17(26(29)30)8-9-18(19)24/h2-12H,13-14H2,1H3,(H,25,27). The van der Waals surface area contributed by atoms with Gasteiger partial charge in [-0.15, -0.1) is 0 Å². The summed E-state index contributed by atoms with van der Waals surface area (Å²) in [5.74, 6) is -0.701. The molecule has 0 unspecified atom stereocenters. The molecule has 3 aromatic rings. The van der Waals surface area contributed by atoms with Gasteiger partial charge in [0.25, 0.3) is 11.6 Å². The summed E-state index contributed by atoms with van der Waals surface area (Å²) in [7, 11) is 1.44. The summed E-state index contributed by atoms with van der Waals surface area (Å²) in [6.45, 7) is -0.298. The number of halogens is 1. The second kappa shape index (κ2) is 11.0. The summed E-state index contributed by atoms with van der Waals surface area (Å²) in [5.41, 5.74) is 0.917. The number of nitrogens with zero attached hydrogens (tertiary/aromatic N) is 1. The quantitative estimate of drug-likeness (QED) is 0.275. The Hall–Kier alpha value is -4.11. The number of ether oxygens (including phenoxy) is 3. The Morgan fingerprint density at radius 1 is 1.03 bits per heavy atom. The maximum Gasteiger partial charge on any atom is 0.338 e. The lowest BCUT2D eigenvalue weighted by atomic mass is 10.2. The van der Waals surface area contributed by atoms with Gasteiger partial charge in [0.15, 0.2) is 18.1 Å². The van der Waals surface area contributed by atoms with Crippen LogP contribution in [-0.4, -0.2) is 30.5 Å². The minimum Gasteiger partial charge on any atom is -0.493 e. The van der Waals surface area contributed by atoms with E-state index in [1.165, 1.54) is 31.4 Å². The van der Waals surface area contributed by atoms with Gasteiger partial charge in [0.1, 0.15) is 6.61 Å². The van der Waals surface area contributed by atoms with Crippen LogP contribution in [0.5, 0.6) is 11.5 Å². The highest BCUT2D eigenvalue weighted by atomic mass is 35.5. The molecule has 3 aromatic carbocycles. The van der Waals surface area contributed by atoms with Gasteiger partial charge in [-0.05, 0) is 29.8 Å². The molecule has 0 radical (unpaired) electrons. The maximum absolute atomic E-state index is 12.4. The number of rotatable bonds is 9. The first-order valence-corrected chi connectivity index (χ1v) is 10.0. The highest BCUT2D eigenvalue weighted by molar-refractivity contribution is 6.33. The number of anilines is 1. The lowest BCUT2D eigenvalue weighted by Crippen LogP contribution is -2.21. The Kier molecular flexibility index (Phi) is 7.82. The predicted octanol–water partition coefficient (Wildman–Crippen LogP) is 4.63. The fourth-order valence-corrected chi connectivity index (χ4v) is 2.94. The molecule has 0 aliphatic rings. The van der Waals surface area contributed by atoms with E-state index >= 15 is 0 Å². The van der Waals surface area contributed by atoms with E-state index in [1.807, 2.05) is 30.3 Å². The summed E-state index contributed by atoms with van der Waals surface area (Å²) in [6.07, 6.45) is 0. The summed E-state index contributed by atoms with van der Waals surface area (Å²) in [6, 6.07) is 17.7. The molecule has 10 heteroatoms. The third kappa shape index (κ3) is 6.44. The maximum atomic E-state index is 12.4. The van der Waals surface area contributed by atoms with Gasteiger partial charge in [0.05, 0.1) is 28.3 Å². The van der Waals surface area contributed by atoms with E-state index in [4.69, 9.17) is 25.8 Å². The average Bonchev–Trinajstić information content (AvgIpc) is 2.83. The zero-order chi connectivity index (χ0) is 23.8. The van der Waals surface area contributed by atoms with Crippen LogP contribution in [0.3, 0.4) is 0 Å². The first-order chi connectivity index (χ1) is 15.9. The summed E-state index contributed by atoms with van der Waals surface area (Å²) >= 11 is 5.95. The molecule has 3 rings (SSSR count). The van der Waals surface area contributed by atoms with E-state index < -0.39 is 23.4 Å². The van der Waals surface area contributed by atoms with Crippen LogP contribution in [0.2, 0.25) is 5.02 Å². The van der Waals surface area contributed by atoms with Crippen molar-refractivity contribution in [1.82, 2.24) is 0 Å². The number of esters is 1. The summed E-state index contributed by atoms with van der Waals surface area (Å²) in [4.78, 5) is 34.7. The minimum absolute atomic E-state index is 0.0357. The van der Waals surface area contributed by atoms with Crippen LogP contribution in [0, 0.1) is 10.1 Å². The normalized spacial score (nSPS) is 10.2. The van der Waals surface area contributed by atoms with Crippen LogP contribution in [0.1, 0.15) is 15.9 Å². The monoisotopic (exact) mass is 470 g/mol. The molecular formula is C23H19ClN2O7. The van der Waals surface area contributed by atoms with Crippen molar-refractivity contribution in [3.05, 3.63) is 93.0 Å². The zero-order valence-corrected chi connectivity index (χ0v) is 18.2. The smallest absolute Gasteiger partial charge is 0.338 e. The largest absolute Gasteiger partial charge is 0.493 e. The van der Waals surface area contributed by atoms with Crippen LogP contribution in [0.25, 0.3) is 0 Å². The van der Waals surface area contributed by atoms with Crippen molar-refractivity contribution in [3.63, 3.8) is 0 Å². The second-order valence-corrected chi connectivity index (χ2v) is 7.09. The molecule has 0 aromatic heterocycles. The van der Waals surface area contributed by atoms with Crippen LogP contribution in [0.4, 0.5) is 11.4 Å². The number of carbonyl (C=O) groups is 2.